The van der Waals surface area contributed by atoms with Crippen molar-refractivity contribution in [3.63, 3.8) is 0 Å². The molecule has 0 bridgehead atoms. The van der Waals surface area contributed by atoms with Gasteiger partial charge >= 0.3 is 0 Å². The highest BCUT2D eigenvalue weighted by Crippen LogP contribution is 2.25. The van der Waals surface area contributed by atoms with Gasteiger partial charge in [-0.2, -0.15) is 0 Å². The zero-order chi connectivity index (χ0) is 17.0. The van der Waals surface area contributed by atoms with E-state index in [1.165, 1.54) is 21.6 Å². The van der Waals surface area contributed by atoms with E-state index in [1.807, 2.05) is 6.92 Å². The molecule has 0 amide bonds. The van der Waals surface area contributed by atoms with E-state index in [1.54, 1.807) is 18.4 Å². The Hall–Kier alpha value is -1.36. The third-order valence-electron chi connectivity index (χ3n) is 4.11. The summed E-state index contributed by atoms with van der Waals surface area (Å²) in [7, 11) is 1.71. The van der Waals surface area contributed by atoms with Crippen LogP contribution in [0.2, 0.25) is 0 Å². The maximum atomic E-state index is 9.85. The first-order valence-electron chi connectivity index (χ1n) is 7.98. The van der Waals surface area contributed by atoms with Crippen LogP contribution in [0.1, 0.15) is 34.1 Å². The van der Waals surface area contributed by atoms with Crippen molar-refractivity contribution >= 4 is 11.3 Å². The van der Waals surface area contributed by atoms with Gasteiger partial charge in [0.1, 0.15) is 5.75 Å². The molecule has 1 unspecified atom stereocenters. The smallest absolute Gasteiger partial charge is 0.122 e. The molecular formula is C19H27NO2S. The van der Waals surface area contributed by atoms with Gasteiger partial charge in [0, 0.05) is 24.5 Å². The van der Waals surface area contributed by atoms with Crippen LogP contribution in [-0.4, -0.2) is 29.8 Å². The van der Waals surface area contributed by atoms with E-state index in [2.05, 4.69) is 49.3 Å². The molecule has 2 aromatic rings. The zero-order valence-electron chi connectivity index (χ0n) is 14.7. The molecule has 126 valence electrons. The summed E-state index contributed by atoms with van der Waals surface area (Å²) in [5, 5.41) is 12.0. The lowest BCUT2D eigenvalue weighted by molar-refractivity contribution is 0.118. The van der Waals surface area contributed by atoms with Gasteiger partial charge in [-0.1, -0.05) is 6.07 Å². The SMILES string of the molecule is COc1cc(C)c(CN(Cc2sccc2C)CC(C)O)cc1C. The number of nitrogens with zero attached hydrogens (tertiary/aromatic N) is 1. The third-order valence-corrected chi connectivity index (χ3v) is 5.11. The fourth-order valence-corrected chi connectivity index (χ4v) is 3.76. The topological polar surface area (TPSA) is 32.7 Å². The van der Waals surface area contributed by atoms with Crippen molar-refractivity contribution in [3.8, 4) is 5.75 Å². The Morgan fingerprint density at radius 3 is 2.43 bits per heavy atom. The van der Waals surface area contributed by atoms with Crippen LogP contribution in [-0.2, 0) is 13.1 Å². The Morgan fingerprint density at radius 2 is 1.87 bits per heavy atom. The number of aliphatic hydroxyl groups excluding tert-OH is 1. The van der Waals surface area contributed by atoms with Gasteiger partial charge in [-0.3, -0.25) is 4.90 Å². The number of aliphatic hydroxyl groups is 1. The van der Waals surface area contributed by atoms with Gasteiger partial charge < -0.3 is 9.84 Å². The standard InChI is InChI=1S/C19H27NO2S/c1-13-6-7-23-19(13)12-20(10-16(4)21)11-17-8-15(3)18(22-5)9-14(17)2/h6-9,16,21H,10-12H2,1-5H3. The molecule has 2 rings (SSSR count). The second-order valence-corrected chi connectivity index (χ2v) is 7.29. The molecule has 0 fully saturated rings. The summed E-state index contributed by atoms with van der Waals surface area (Å²) in [6.07, 6.45) is -0.338. The number of methoxy groups -OCH3 is 1. The molecule has 0 saturated heterocycles. The van der Waals surface area contributed by atoms with Gasteiger partial charge in [-0.25, -0.2) is 0 Å². The van der Waals surface area contributed by atoms with Crippen molar-refractivity contribution in [1.82, 2.24) is 4.90 Å². The van der Waals surface area contributed by atoms with Crippen molar-refractivity contribution in [3.05, 3.63) is 50.7 Å². The molecule has 4 heteroatoms. The van der Waals surface area contributed by atoms with Crippen LogP contribution in [0.25, 0.3) is 0 Å². The van der Waals surface area contributed by atoms with Crippen molar-refractivity contribution in [2.75, 3.05) is 13.7 Å². The molecule has 1 atom stereocenters. The molecule has 1 heterocycles. The zero-order valence-corrected chi connectivity index (χ0v) is 15.5. The Balaban J connectivity index is 2.20. The molecule has 1 aromatic heterocycles. The van der Waals surface area contributed by atoms with E-state index >= 15 is 0 Å². The van der Waals surface area contributed by atoms with Crippen molar-refractivity contribution < 1.29 is 9.84 Å². The Morgan fingerprint density at radius 1 is 1.13 bits per heavy atom. The van der Waals surface area contributed by atoms with Crippen molar-refractivity contribution in [1.29, 1.82) is 0 Å². The first-order chi connectivity index (χ1) is 10.9. The average molecular weight is 333 g/mol. The fourth-order valence-electron chi connectivity index (χ4n) is 2.81. The number of hydrogen-bond acceptors (Lipinski definition) is 4. The van der Waals surface area contributed by atoms with Crippen LogP contribution >= 0.6 is 11.3 Å². The van der Waals surface area contributed by atoms with Gasteiger partial charge in [-0.05, 0) is 67.5 Å². The number of hydrogen-bond donors (Lipinski definition) is 1. The van der Waals surface area contributed by atoms with Gasteiger partial charge in [0.05, 0.1) is 13.2 Å². The average Bonchev–Trinajstić information content (AvgIpc) is 2.87. The molecule has 0 spiro atoms. The van der Waals surface area contributed by atoms with Crippen LogP contribution in [0.5, 0.6) is 5.75 Å². The number of thiophene rings is 1. The molecule has 0 radical (unpaired) electrons. The normalized spacial score (nSPS) is 12.7. The highest BCUT2D eigenvalue weighted by molar-refractivity contribution is 7.10. The predicted molar refractivity (Wildman–Crippen MR) is 97.3 cm³/mol. The van der Waals surface area contributed by atoms with E-state index in [0.29, 0.717) is 6.54 Å². The van der Waals surface area contributed by atoms with Gasteiger partial charge in [0.15, 0.2) is 0 Å². The van der Waals surface area contributed by atoms with Crippen molar-refractivity contribution in [2.24, 2.45) is 0 Å². The summed E-state index contributed by atoms with van der Waals surface area (Å²) in [6, 6.07) is 6.45. The Bertz CT molecular complexity index is 649. The first-order valence-corrected chi connectivity index (χ1v) is 8.86. The molecule has 0 aliphatic heterocycles. The predicted octanol–water partition coefficient (Wildman–Crippen LogP) is 4.06. The summed E-state index contributed by atoms with van der Waals surface area (Å²) in [5.74, 6) is 0.933. The summed E-state index contributed by atoms with van der Waals surface area (Å²) < 4.78 is 5.40. The molecule has 0 aliphatic carbocycles. The Labute approximate surface area is 143 Å². The summed E-state index contributed by atoms with van der Waals surface area (Å²) in [4.78, 5) is 3.69. The molecule has 0 aliphatic rings. The second kappa shape index (κ2) is 7.95. The first kappa shape index (κ1) is 18.0. The van der Waals surface area contributed by atoms with Crippen LogP contribution in [0.15, 0.2) is 23.6 Å². The van der Waals surface area contributed by atoms with Crippen molar-refractivity contribution in [2.45, 2.75) is 46.9 Å². The van der Waals surface area contributed by atoms with E-state index < -0.39 is 0 Å². The molecular weight excluding hydrogens is 306 g/mol. The number of benzene rings is 1. The largest absolute Gasteiger partial charge is 0.496 e. The summed E-state index contributed by atoms with van der Waals surface area (Å²) in [5.41, 5.74) is 5.00. The molecule has 3 nitrogen and oxygen atoms in total. The second-order valence-electron chi connectivity index (χ2n) is 6.29. The van der Waals surface area contributed by atoms with Crippen LogP contribution in [0.3, 0.4) is 0 Å². The maximum Gasteiger partial charge on any atom is 0.122 e. The van der Waals surface area contributed by atoms with E-state index in [4.69, 9.17) is 4.74 Å². The van der Waals surface area contributed by atoms with Crippen LogP contribution in [0, 0.1) is 20.8 Å². The number of ether oxygens (including phenoxy) is 1. The third kappa shape index (κ3) is 4.80. The monoisotopic (exact) mass is 333 g/mol. The lowest BCUT2D eigenvalue weighted by Crippen LogP contribution is -2.30. The lowest BCUT2D eigenvalue weighted by Gasteiger charge is -2.25. The lowest BCUT2D eigenvalue weighted by atomic mass is 10.0. The molecule has 0 saturated carbocycles. The minimum absolute atomic E-state index is 0.338. The van der Waals surface area contributed by atoms with E-state index in [9.17, 15) is 5.11 Å². The summed E-state index contributed by atoms with van der Waals surface area (Å²) in [6.45, 7) is 10.6. The van der Waals surface area contributed by atoms with Crippen LogP contribution < -0.4 is 4.74 Å². The molecule has 1 N–H and O–H groups in total. The quantitative estimate of drug-likeness (QED) is 0.829. The molecule has 1 aromatic carbocycles. The maximum absolute atomic E-state index is 9.85. The molecule has 23 heavy (non-hydrogen) atoms. The minimum Gasteiger partial charge on any atom is -0.496 e. The summed E-state index contributed by atoms with van der Waals surface area (Å²) >= 11 is 1.79. The minimum atomic E-state index is -0.338. The fraction of sp³-hybridized carbons (Fsp3) is 0.474. The number of rotatable bonds is 7. The van der Waals surface area contributed by atoms with Crippen LogP contribution in [0.4, 0.5) is 0 Å². The van der Waals surface area contributed by atoms with E-state index in [0.717, 1.165) is 24.4 Å². The van der Waals surface area contributed by atoms with Gasteiger partial charge in [0.2, 0.25) is 0 Å². The Kier molecular flexibility index (Phi) is 6.22. The highest BCUT2D eigenvalue weighted by Gasteiger charge is 2.14. The highest BCUT2D eigenvalue weighted by atomic mass is 32.1. The van der Waals surface area contributed by atoms with Gasteiger partial charge in [-0.15, -0.1) is 11.3 Å². The van der Waals surface area contributed by atoms with E-state index in [-0.39, 0.29) is 6.10 Å². The number of aryl methyl sites for hydroxylation is 3. The van der Waals surface area contributed by atoms with Gasteiger partial charge in [0.25, 0.3) is 0 Å².